The molecule has 0 radical (unpaired) electrons. The van der Waals surface area contributed by atoms with Gasteiger partial charge in [-0.2, -0.15) is 10.2 Å². The molecular formula is C41H38N8O4. The average molecular weight is 707 g/mol. The molecule has 53 heavy (non-hydrogen) atoms. The maximum Gasteiger partial charge on any atom is 0.277 e. The zero-order chi connectivity index (χ0) is 36.8. The number of methoxy groups -OCH3 is 1. The second-order valence-electron chi connectivity index (χ2n) is 13.2. The minimum atomic E-state index is -0.136. The zero-order valence-corrected chi connectivity index (χ0v) is 30.0. The number of aryl methyl sites for hydroxylation is 3. The highest BCUT2D eigenvalue weighted by atomic mass is 16.5. The Morgan fingerprint density at radius 2 is 1.21 bits per heavy atom. The lowest BCUT2D eigenvalue weighted by Crippen LogP contribution is -2.38. The van der Waals surface area contributed by atoms with Crippen LogP contribution in [0.5, 0.6) is 5.75 Å². The quantitative estimate of drug-likeness (QED) is 0.0914. The third-order valence-corrected chi connectivity index (χ3v) is 10.00. The third-order valence-electron chi connectivity index (χ3n) is 10.00. The fourth-order valence-corrected chi connectivity index (χ4v) is 7.14. The lowest BCUT2D eigenvalue weighted by molar-refractivity contribution is -0.435. The van der Waals surface area contributed by atoms with Crippen LogP contribution in [0.1, 0.15) is 56.0 Å². The molecule has 12 heteroatoms. The van der Waals surface area contributed by atoms with E-state index in [2.05, 4.69) is 5.11 Å². The first kappa shape index (κ1) is 33.6. The van der Waals surface area contributed by atoms with Crippen molar-refractivity contribution in [3.8, 4) is 17.1 Å². The number of benzene rings is 4. The van der Waals surface area contributed by atoms with Crippen LogP contribution in [0.15, 0.2) is 102 Å². The molecule has 0 aliphatic carbocycles. The molecule has 2 aliphatic rings. The van der Waals surface area contributed by atoms with Crippen molar-refractivity contribution in [1.82, 2.24) is 19.6 Å². The molecule has 8 rings (SSSR count). The van der Waals surface area contributed by atoms with Gasteiger partial charge in [0.15, 0.2) is 0 Å². The topological polar surface area (TPSA) is 124 Å². The number of amides is 2. The van der Waals surface area contributed by atoms with E-state index in [1.54, 1.807) is 74.8 Å². The van der Waals surface area contributed by atoms with Crippen LogP contribution in [0.4, 0.5) is 22.7 Å². The summed E-state index contributed by atoms with van der Waals surface area (Å²) in [5.74, 6) is 0.453. The van der Waals surface area contributed by atoms with Gasteiger partial charge in [-0.1, -0.05) is 29.5 Å². The summed E-state index contributed by atoms with van der Waals surface area (Å²) in [5.41, 5.74) is 9.71. The fraction of sp³-hybridized carbons (Fsp3) is 0.220. The van der Waals surface area contributed by atoms with Gasteiger partial charge in [0.2, 0.25) is 5.69 Å². The molecule has 0 fully saturated rings. The van der Waals surface area contributed by atoms with E-state index in [4.69, 9.17) is 14.9 Å². The number of anilines is 2. The van der Waals surface area contributed by atoms with Crippen LogP contribution in [0.2, 0.25) is 0 Å². The Hall–Kier alpha value is -6.56. The Kier molecular flexibility index (Phi) is 8.57. The maximum atomic E-state index is 14.0. The fourth-order valence-electron chi connectivity index (χ4n) is 7.14. The van der Waals surface area contributed by atoms with Gasteiger partial charge in [0.05, 0.1) is 29.9 Å². The van der Waals surface area contributed by atoms with Crippen molar-refractivity contribution in [3.05, 3.63) is 142 Å². The number of nitrogens with zero attached hydrogens (tertiary/aromatic N) is 8. The van der Waals surface area contributed by atoms with Gasteiger partial charge in [-0.3, -0.25) is 9.59 Å². The van der Waals surface area contributed by atoms with E-state index < -0.39 is 0 Å². The Bertz CT molecular complexity index is 2380. The number of hydrogen-bond donors (Lipinski definition) is 0. The highest BCUT2D eigenvalue weighted by molar-refractivity contribution is 6.08. The Morgan fingerprint density at radius 1 is 0.698 bits per heavy atom. The first-order chi connectivity index (χ1) is 25.7. The molecule has 0 atom stereocenters. The van der Waals surface area contributed by atoms with Gasteiger partial charge in [-0.15, -0.1) is 0 Å². The van der Waals surface area contributed by atoms with Gasteiger partial charge in [0.1, 0.15) is 22.8 Å². The molecule has 2 aromatic heterocycles. The molecule has 0 N–H and O–H groups in total. The van der Waals surface area contributed by atoms with Gasteiger partial charge in [-0.25, -0.2) is 9.36 Å². The van der Waals surface area contributed by atoms with Crippen molar-refractivity contribution in [1.29, 1.82) is 0 Å². The van der Waals surface area contributed by atoms with Gasteiger partial charge in [0.25, 0.3) is 11.8 Å². The van der Waals surface area contributed by atoms with Crippen LogP contribution < -0.4 is 14.5 Å². The maximum absolute atomic E-state index is 14.0. The Labute approximate surface area is 306 Å². The Morgan fingerprint density at radius 3 is 1.79 bits per heavy atom. The molecule has 0 saturated heterocycles. The number of azo groups is 1. The number of aromatic nitrogens is 4. The number of fused-ring (bicyclic) bond motifs is 2. The second-order valence-corrected chi connectivity index (χ2v) is 13.2. The van der Waals surface area contributed by atoms with Crippen LogP contribution >= 0.6 is 0 Å². The lowest BCUT2D eigenvalue weighted by Gasteiger charge is -2.28. The summed E-state index contributed by atoms with van der Waals surface area (Å²) in [6, 6.07) is 29.3. The number of rotatable bonds is 8. The molecule has 4 heterocycles. The molecule has 4 aromatic carbocycles. The molecule has 6 aromatic rings. The van der Waals surface area contributed by atoms with E-state index in [0.717, 1.165) is 51.6 Å². The van der Waals surface area contributed by atoms with Crippen molar-refractivity contribution in [3.63, 3.8) is 0 Å². The van der Waals surface area contributed by atoms with E-state index in [1.165, 1.54) is 0 Å². The summed E-state index contributed by atoms with van der Waals surface area (Å²) in [5, 5.41) is 26.9. The number of ether oxygens (including phenoxy) is 1. The van der Waals surface area contributed by atoms with Crippen LogP contribution in [-0.4, -0.2) is 56.4 Å². The predicted molar refractivity (Wildman–Crippen MR) is 202 cm³/mol. The molecule has 0 bridgehead atoms. The zero-order valence-electron chi connectivity index (χ0n) is 30.0. The average Bonchev–Trinajstić information content (AvgIpc) is 3.74. The molecule has 12 nitrogen and oxygen atoms in total. The summed E-state index contributed by atoms with van der Waals surface area (Å²) in [6.45, 7) is 7.02. The summed E-state index contributed by atoms with van der Waals surface area (Å²) in [4.78, 5) is 31.8. The molecule has 0 spiro atoms. The highest BCUT2D eigenvalue weighted by Crippen LogP contribution is 2.32. The molecule has 2 aliphatic heterocycles. The van der Waals surface area contributed by atoms with E-state index in [0.29, 0.717) is 64.9 Å². The van der Waals surface area contributed by atoms with Gasteiger partial charge in [0, 0.05) is 52.8 Å². The Balaban J connectivity index is 0.987. The van der Waals surface area contributed by atoms with Crippen molar-refractivity contribution >= 4 is 34.6 Å². The minimum absolute atomic E-state index is 0.136. The monoisotopic (exact) mass is 706 g/mol. The van der Waals surface area contributed by atoms with Crippen molar-refractivity contribution in [2.45, 2.75) is 40.0 Å². The van der Waals surface area contributed by atoms with Crippen LogP contribution in [0, 0.1) is 19.1 Å². The summed E-state index contributed by atoms with van der Waals surface area (Å²) >= 11 is 0. The molecule has 2 amide bonds. The van der Waals surface area contributed by atoms with Gasteiger partial charge < -0.3 is 19.7 Å². The SMILES string of the molecule is CCc1nn(-c2ccc(OC)cc2)c2c1CCN(c1ccc(/N=[N+](\[O-])c3ccc(N4CCc5c(C)nn(-c6ccc(C)cc6)c5C4=O)cc3)cc1)C2=O. The van der Waals surface area contributed by atoms with Crippen molar-refractivity contribution in [2.24, 2.45) is 5.11 Å². The second kappa shape index (κ2) is 13.5. The normalized spacial score (nSPS) is 14.4. The summed E-state index contributed by atoms with van der Waals surface area (Å²) in [7, 11) is 1.62. The molecule has 266 valence electrons. The number of carbonyl (C=O) groups excluding carboxylic acids is 2. The smallest absolute Gasteiger partial charge is 0.277 e. The van der Waals surface area contributed by atoms with Crippen molar-refractivity contribution < 1.29 is 19.2 Å². The van der Waals surface area contributed by atoms with E-state index >= 15 is 0 Å². The van der Waals surface area contributed by atoms with Crippen LogP contribution in [0.25, 0.3) is 11.4 Å². The highest BCUT2D eigenvalue weighted by Gasteiger charge is 2.34. The number of hydrogen-bond acceptors (Lipinski definition) is 7. The first-order valence-electron chi connectivity index (χ1n) is 17.7. The molecular weight excluding hydrogens is 669 g/mol. The molecule has 0 unspecified atom stereocenters. The van der Waals surface area contributed by atoms with E-state index in [1.807, 2.05) is 69.3 Å². The number of carbonyl (C=O) groups is 2. The van der Waals surface area contributed by atoms with E-state index in [9.17, 15) is 14.8 Å². The first-order valence-corrected chi connectivity index (χ1v) is 17.7. The minimum Gasteiger partial charge on any atom is -0.594 e. The lowest BCUT2D eigenvalue weighted by atomic mass is 10.0. The summed E-state index contributed by atoms with van der Waals surface area (Å²) < 4.78 is 8.77. The largest absolute Gasteiger partial charge is 0.594 e. The van der Waals surface area contributed by atoms with E-state index in [-0.39, 0.29) is 11.8 Å². The predicted octanol–water partition coefficient (Wildman–Crippen LogP) is 7.58. The van der Waals surface area contributed by atoms with Crippen LogP contribution in [0.3, 0.4) is 0 Å². The van der Waals surface area contributed by atoms with Gasteiger partial charge >= 0.3 is 0 Å². The summed E-state index contributed by atoms with van der Waals surface area (Å²) in [6.07, 6.45) is 2.08. The van der Waals surface area contributed by atoms with Crippen molar-refractivity contribution in [2.75, 3.05) is 30.0 Å². The standard InChI is InChI=1S/C41H38N8O4/c1-5-37-36-23-25-46(41(51)39(36)48(44-37)32-18-20-34(53-4)21-19-32)29-12-8-28(9-13-29)43-49(52)33-16-14-30(15-17-33)45-24-22-35-27(3)42-47(38(35)40(45)50)31-10-6-26(2)7-11-31/h6-21H,5,22-25H2,1-4H3/b49-43-. The third kappa shape index (κ3) is 6.01. The van der Waals surface area contributed by atoms with Gasteiger partial charge in [-0.05, 0) is 106 Å². The molecule has 0 saturated carbocycles. The van der Waals surface area contributed by atoms with Crippen LogP contribution in [-0.2, 0) is 19.3 Å².